The van der Waals surface area contributed by atoms with E-state index in [9.17, 15) is 13.6 Å². The molecule has 0 bridgehead atoms. The highest BCUT2D eigenvalue weighted by Crippen LogP contribution is 2.32. The van der Waals surface area contributed by atoms with Gasteiger partial charge in [-0.2, -0.15) is 0 Å². The fourth-order valence-electron chi connectivity index (χ4n) is 3.81. The molecule has 0 aliphatic heterocycles. The maximum absolute atomic E-state index is 13.9. The summed E-state index contributed by atoms with van der Waals surface area (Å²) in [6.45, 7) is 0. The average Bonchev–Trinajstić information content (AvgIpc) is 2.56. The predicted octanol–water partition coefficient (Wildman–Crippen LogP) is 3.60. The summed E-state index contributed by atoms with van der Waals surface area (Å²) in [6, 6.07) is 1.78. The quantitative estimate of drug-likeness (QED) is 0.885. The van der Waals surface area contributed by atoms with Gasteiger partial charge in [0.1, 0.15) is 11.6 Å². The van der Waals surface area contributed by atoms with Gasteiger partial charge >= 0.3 is 6.03 Å². The summed E-state index contributed by atoms with van der Waals surface area (Å²) in [4.78, 5) is 12.3. The zero-order valence-corrected chi connectivity index (χ0v) is 13.9. The van der Waals surface area contributed by atoms with Crippen LogP contribution >= 0.6 is 0 Å². The number of halogens is 2. The van der Waals surface area contributed by atoms with Gasteiger partial charge in [-0.25, -0.2) is 13.6 Å². The van der Waals surface area contributed by atoms with Crippen LogP contribution in [0, 0.1) is 11.6 Å². The van der Waals surface area contributed by atoms with Gasteiger partial charge in [-0.1, -0.05) is 0 Å². The van der Waals surface area contributed by atoms with E-state index in [1.165, 1.54) is 6.07 Å². The summed E-state index contributed by atoms with van der Waals surface area (Å²) in [5.41, 5.74) is 1.09. The third kappa shape index (κ3) is 3.86. The van der Waals surface area contributed by atoms with E-state index >= 15 is 0 Å². The molecule has 1 aromatic rings. The molecule has 2 aliphatic carbocycles. The van der Waals surface area contributed by atoms with Crippen LogP contribution in [-0.2, 0) is 11.2 Å². The number of hydrogen-bond acceptors (Lipinski definition) is 2. The van der Waals surface area contributed by atoms with Crippen LogP contribution in [0.3, 0.4) is 0 Å². The van der Waals surface area contributed by atoms with Gasteiger partial charge in [-0.3, -0.25) is 0 Å². The van der Waals surface area contributed by atoms with Crippen molar-refractivity contribution in [3.63, 3.8) is 0 Å². The predicted molar refractivity (Wildman–Crippen MR) is 86.8 cm³/mol. The Balaban J connectivity index is 1.60. The second kappa shape index (κ2) is 7.47. The molecule has 0 aromatic heterocycles. The van der Waals surface area contributed by atoms with Crippen molar-refractivity contribution in [2.24, 2.45) is 0 Å². The van der Waals surface area contributed by atoms with Gasteiger partial charge in [0.15, 0.2) is 0 Å². The third-order valence-corrected chi connectivity index (χ3v) is 5.14. The Morgan fingerprint density at radius 1 is 1.12 bits per heavy atom. The molecule has 1 saturated carbocycles. The number of rotatable bonds is 3. The van der Waals surface area contributed by atoms with Crippen LogP contribution in [0.1, 0.15) is 55.7 Å². The Bertz CT molecular complexity index is 601. The molecule has 1 fully saturated rings. The van der Waals surface area contributed by atoms with Crippen molar-refractivity contribution in [3.8, 4) is 0 Å². The number of ether oxygens (including phenoxy) is 1. The number of fused-ring (bicyclic) bond motifs is 1. The number of carbonyl (C=O) groups is 1. The van der Waals surface area contributed by atoms with Crippen molar-refractivity contribution in [3.05, 3.63) is 34.9 Å². The van der Waals surface area contributed by atoms with Crippen LogP contribution in [0.25, 0.3) is 0 Å². The normalized spacial score (nSPS) is 26.5. The number of benzene rings is 1. The van der Waals surface area contributed by atoms with Crippen molar-refractivity contribution < 1.29 is 18.3 Å². The van der Waals surface area contributed by atoms with E-state index in [0.29, 0.717) is 24.0 Å². The lowest BCUT2D eigenvalue weighted by atomic mass is 9.87. The lowest BCUT2D eigenvalue weighted by Crippen LogP contribution is -2.45. The zero-order chi connectivity index (χ0) is 17.1. The molecule has 2 amide bonds. The molecule has 0 saturated heterocycles. The van der Waals surface area contributed by atoms with Gasteiger partial charge in [-0.15, -0.1) is 0 Å². The van der Waals surface area contributed by atoms with Gasteiger partial charge in [-0.05, 0) is 62.1 Å². The van der Waals surface area contributed by atoms with Crippen LogP contribution in [0.5, 0.6) is 0 Å². The van der Waals surface area contributed by atoms with Crippen molar-refractivity contribution in [2.75, 3.05) is 7.11 Å². The summed E-state index contributed by atoms with van der Waals surface area (Å²) in [6.07, 6.45) is 5.98. The van der Waals surface area contributed by atoms with E-state index in [2.05, 4.69) is 10.6 Å². The smallest absolute Gasteiger partial charge is 0.315 e. The Hall–Kier alpha value is -1.69. The Morgan fingerprint density at radius 2 is 1.88 bits per heavy atom. The zero-order valence-electron chi connectivity index (χ0n) is 13.9. The molecule has 1 aromatic carbocycles. The fraction of sp³-hybridized carbons (Fsp3) is 0.611. The van der Waals surface area contributed by atoms with Gasteiger partial charge < -0.3 is 15.4 Å². The van der Waals surface area contributed by atoms with Crippen molar-refractivity contribution in [2.45, 2.75) is 63.1 Å². The largest absolute Gasteiger partial charge is 0.381 e. The van der Waals surface area contributed by atoms with E-state index in [-0.39, 0.29) is 24.2 Å². The summed E-state index contributed by atoms with van der Waals surface area (Å²) in [7, 11) is 1.71. The maximum atomic E-state index is 13.9. The van der Waals surface area contributed by atoms with E-state index < -0.39 is 11.6 Å². The molecule has 1 atom stereocenters. The summed E-state index contributed by atoms with van der Waals surface area (Å²) in [5.74, 6) is -1.12. The lowest BCUT2D eigenvalue weighted by molar-refractivity contribution is 0.0634. The summed E-state index contributed by atoms with van der Waals surface area (Å²) < 4.78 is 32.8. The fourth-order valence-corrected chi connectivity index (χ4v) is 3.81. The summed E-state index contributed by atoms with van der Waals surface area (Å²) in [5, 5.41) is 5.87. The number of carbonyl (C=O) groups excluding carboxylic acids is 1. The van der Waals surface area contributed by atoms with E-state index in [0.717, 1.165) is 38.2 Å². The number of nitrogens with one attached hydrogen (secondary N) is 2. The van der Waals surface area contributed by atoms with Crippen molar-refractivity contribution in [1.29, 1.82) is 0 Å². The second-order valence-corrected chi connectivity index (χ2v) is 6.73. The SMILES string of the molecule is COC1CCC(NC(=O)N[C@@H]2CCCc3c(F)cc(F)cc32)CC1. The molecule has 0 spiro atoms. The molecule has 4 nitrogen and oxygen atoms in total. The molecular weight excluding hydrogens is 314 g/mol. The van der Waals surface area contributed by atoms with E-state index in [4.69, 9.17) is 4.74 Å². The monoisotopic (exact) mass is 338 g/mol. The average molecular weight is 338 g/mol. The number of methoxy groups -OCH3 is 1. The van der Waals surface area contributed by atoms with Gasteiger partial charge in [0.25, 0.3) is 0 Å². The first-order valence-corrected chi connectivity index (χ1v) is 8.64. The van der Waals surface area contributed by atoms with Gasteiger partial charge in [0.2, 0.25) is 0 Å². The van der Waals surface area contributed by atoms with Gasteiger partial charge in [0, 0.05) is 19.2 Å². The maximum Gasteiger partial charge on any atom is 0.315 e. The molecule has 2 aliphatic rings. The highest BCUT2D eigenvalue weighted by molar-refractivity contribution is 5.75. The minimum absolute atomic E-state index is 0.128. The van der Waals surface area contributed by atoms with Crippen LogP contribution in [0.4, 0.5) is 13.6 Å². The van der Waals surface area contributed by atoms with Crippen molar-refractivity contribution >= 4 is 6.03 Å². The first-order chi connectivity index (χ1) is 11.6. The molecule has 0 unspecified atom stereocenters. The Kier molecular flexibility index (Phi) is 5.33. The Morgan fingerprint density at radius 3 is 2.58 bits per heavy atom. The van der Waals surface area contributed by atoms with Crippen LogP contribution in [0.15, 0.2) is 12.1 Å². The standard InChI is InChI=1S/C18H24F2N2O2/c1-24-13-7-5-12(6-8-13)21-18(23)22-17-4-2-3-14-15(17)9-11(19)10-16(14)20/h9-10,12-13,17H,2-8H2,1H3,(H2,21,22,23)/t12?,13?,17-/m1/s1. The van der Waals surface area contributed by atoms with Crippen LogP contribution in [0.2, 0.25) is 0 Å². The molecule has 0 radical (unpaired) electrons. The highest BCUT2D eigenvalue weighted by Gasteiger charge is 2.27. The second-order valence-electron chi connectivity index (χ2n) is 6.73. The third-order valence-electron chi connectivity index (χ3n) is 5.14. The minimum Gasteiger partial charge on any atom is -0.381 e. The molecular formula is C18H24F2N2O2. The van der Waals surface area contributed by atoms with E-state index in [1.54, 1.807) is 7.11 Å². The molecule has 0 heterocycles. The van der Waals surface area contributed by atoms with E-state index in [1.807, 2.05) is 0 Å². The number of hydrogen-bond donors (Lipinski definition) is 2. The van der Waals surface area contributed by atoms with Crippen LogP contribution in [-0.4, -0.2) is 25.3 Å². The highest BCUT2D eigenvalue weighted by atomic mass is 19.1. The first kappa shape index (κ1) is 17.1. The lowest BCUT2D eigenvalue weighted by Gasteiger charge is -2.30. The van der Waals surface area contributed by atoms with Gasteiger partial charge in [0.05, 0.1) is 12.1 Å². The topological polar surface area (TPSA) is 50.4 Å². The summed E-state index contributed by atoms with van der Waals surface area (Å²) >= 11 is 0. The van der Waals surface area contributed by atoms with Crippen molar-refractivity contribution in [1.82, 2.24) is 10.6 Å². The molecule has 132 valence electrons. The molecule has 6 heteroatoms. The molecule has 2 N–H and O–H groups in total. The first-order valence-electron chi connectivity index (χ1n) is 8.64. The minimum atomic E-state index is -0.599. The number of amides is 2. The molecule has 3 rings (SSSR count). The Labute approximate surface area is 141 Å². The molecule has 24 heavy (non-hydrogen) atoms. The number of urea groups is 1. The van der Waals surface area contributed by atoms with Crippen LogP contribution < -0.4 is 10.6 Å².